The number of benzene rings is 2. The molecule has 0 fully saturated rings. The van der Waals surface area contributed by atoms with Gasteiger partial charge in [-0.3, -0.25) is 4.79 Å². The lowest BCUT2D eigenvalue weighted by Gasteiger charge is -2.12. The molecule has 3 heteroatoms. The third kappa shape index (κ3) is 4.83. The molecule has 0 amide bonds. The number of phenols is 1. The van der Waals surface area contributed by atoms with Crippen molar-refractivity contribution in [2.45, 2.75) is 27.2 Å². The van der Waals surface area contributed by atoms with E-state index < -0.39 is 0 Å². The highest BCUT2D eigenvalue weighted by Crippen LogP contribution is 2.33. The van der Waals surface area contributed by atoms with Gasteiger partial charge >= 0.3 is 0 Å². The molecule has 0 radical (unpaired) electrons. The molecule has 2 rings (SSSR count). The van der Waals surface area contributed by atoms with Crippen LogP contribution in [0.2, 0.25) is 0 Å². The van der Waals surface area contributed by atoms with E-state index in [0.29, 0.717) is 23.3 Å². The molecule has 130 valence electrons. The van der Waals surface area contributed by atoms with Crippen LogP contribution in [-0.2, 0) is 6.42 Å². The fourth-order valence-electron chi connectivity index (χ4n) is 2.49. The zero-order valence-electron chi connectivity index (χ0n) is 15.2. The highest BCUT2D eigenvalue weighted by molar-refractivity contribution is 6.07. The van der Waals surface area contributed by atoms with E-state index in [2.05, 4.69) is 0 Å². The third-order valence-corrected chi connectivity index (χ3v) is 3.94. The number of ketones is 1. The van der Waals surface area contributed by atoms with Crippen LogP contribution in [0.3, 0.4) is 0 Å². The average Bonchev–Trinajstić information content (AvgIpc) is 2.59. The molecule has 0 spiro atoms. The van der Waals surface area contributed by atoms with Crippen LogP contribution < -0.4 is 4.74 Å². The minimum Gasteiger partial charge on any atom is -0.508 e. The molecule has 25 heavy (non-hydrogen) atoms. The molecule has 0 saturated carbocycles. The fourth-order valence-corrected chi connectivity index (χ4v) is 2.49. The van der Waals surface area contributed by atoms with E-state index in [-0.39, 0.29) is 11.5 Å². The fraction of sp³-hybridized carbons (Fsp3) is 0.227. The number of aryl methyl sites for hydroxylation is 1. The normalized spacial score (nSPS) is 10.7. The summed E-state index contributed by atoms with van der Waals surface area (Å²) in [6, 6.07) is 10.8. The zero-order valence-corrected chi connectivity index (χ0v) is 15.2. The van der Waals surface area contributed by atoms with Gasteiger partial charge in [0, 0.05) is 16.7 Å². The standard InChI is InChI=1S/C22H24O3/c1-15(2)5-12-19-21(24)14-11-18(22(19)25-4)10-13-20(23)17-8-6-16(3)7-9-17/h5-11,13-14,24H,12H2,1-4H3/b13-10+. The maximum Gasteiger partial charge on any atom is 0.185 e. The van der Waals surface area contributed by atoms with Gasteiger partial charge in [0.2, 0.25) is 0 Å². The van der Waals surface area contributed by atoms with Crippen molar-refractivity contribution in [3.05, 3.63) is 76.4 Å². The second-order valence-corrected chi connectivity index (χ2v) is 6.23. The van der Waals surface area contributed by atoms with Crippen LogP contribution in [0.5, 0.6) is 11.5 Å². The summed E-state index contributed by atoms with van der Waals surface area (Å²) in [5.41, 5.74) is 4.40. The summed E-state index contributed by atoms with van der Waals surface area (Å²) in [5, 5.41) is 10.1. The van der Waals surface area contributed by atoms with Gasteiger partial charge in [0.25, 0.3) is 0 Å². The van der Waals surface area contributed by atoms with Crippen LogP contribution in [0.4, 0.5) is 0 Å². The summed E-state index contributed by atoms with van der Waals surface area (Å²) in [4.78, 5) is 12.3. The van der Waals surface area contributed by atoms with Gasteiger partial charge in [0.05, 0.1) is 7.11 Å². The van der Waals surface area contributed by atoms with Crippen molar-refractivity contribution in [1.29, 1.82) is 0 Å². The number of hydrogen-bond acceptors (Lipinski definition) is 3. The largest absolute Gasteiger partial charge is 0.508 e. The smallest absolute Gasteiger partial charge is 0.185 e. The molecule has 3 nitrogen and oxygen atoms in total. The van der Waals surface area contributed by atoms with Gasteiger partial charge in [0.1, 0.15) is 11.5 Å². The Labute approximate surface area is 149 Å². The Kier molecular flexibility index (Phi) is 6.18. The van der Waals surface area contributed by atoms with Crippen LogP contribution in [0.15, 0.2) is 54.1 Å². The number of aromatic hydroxyl groups is 1. The van der Waals surface area contributed by atoms with E-state index >= 15 is 0 Å². The number of phenolic OH excluding ortho intramolecular Hbond substituents is 1. The highest BCUT2D eigenvalue weighted by Gasteiger charge is 2.12. The molecule has 1 N–H and O–H groups in total. The van der Waals surface area contributed by atoms with E-state index in [4.69, 9.17) is 4.74 Å². The Morgan fingerprint density at radius 3 is 2.40 bits per heavy atom. The molecular formula is C22H24O3. The first-order valence-electron chi connectivity index (χ1n) is 8.23. The van der Waals surface area contributed by atoms with E-state index in [9.17, 15) is 9.90 Å². The first-order valence-corrected chi connectivity index (χ1v) is 8.23. The Balaban J connectivity index is 2.32. The minimum absolute atomic E-state index is 0.0685. The first-order chi connectivity index (χ1) is 11.9. The lowest BCUT2D eigenvalue weighted by Crippen LogP contribution is -1.97. The molecule has 2 aromatic rings. The Hall–Kier alpha value is -2.81. The van der Waals surface area contributed by atoms with E-state index in [1.165, 1.54) is 6.08 Å². The van der Waals surface area contributed by atoms with Gasteiger partial charge in [0.15, 0.2) is 5.78 Å². The van der Waals surface area contributed by atoms with Crippen LogP contribution >= 0.6 is 0 Å². The van der Waals surface area contributed by atoms with Gasteiger partial charge in [-0.1, -0.05) is 41.5 Å². The number of carbonyl (C=O) groups excluding carboxylic acids is 1. The van der Waals surface area contributed by atoms with Crippen LogP contribution in [0, 0.1) is 6.92 Å². The third-order valence-electron chi connectivity index (χ3n) is 3.94. The molecule has 0 bridgehead atoms. The van der Waals surface area contributed by atoms with Crippen molar-refractivity contribution < 1.29 is 14.6 Å². The highest BCUT2D eigenvalue weighted by atomic mass is 16.5. The molecule has 0 saturated heterocycles. The molecule has 0 unspecified atom stereocenters. The van der Waals surface area contributed by atoms with Gasteiger partial charge in [-0.25, -0.2) is 0 Å². The average molecular weight is 336 g/mol. The number of ether oxygens (including phenoxy) is 1. The SMILES string of the molecule is COc1c(/C=C/C(=O)c2ccc(C)cc2)ccc(O)c1CC=C(C)C. The summed E-state index contributed by atoms with van der Waals surface area (Å²) in [7, 11) is 1.57. The summed E-state index contributed by atoms with van der Waals surface area (Å²) in [6.07, 6.45) is 5.87. The van der Waals surface area contributed by atoms with Crippen molar-refractivity contribution in [2.24, 2.45) is 0 Å². The molecule has 0 aliphatic rings. The summed E-state index contributed by atoms with van der Waals surface area (Å²) in [6.45, 7) is 6.00. The molecule has 0 aromatic heterocycles. The number of allylic oxidation sites excluding steroid dienone is 3. The molecule has 0 heterocycles. The predicted octanol–water partition coefficient (Wildman–Crippen LogP) is 5.11. The maximum absolute atomic E-state index is 12.3. The molecule has 0 aliphatic heterocycles. The predicted molar refractivity (Wildman–Crippen MR) is 102 cm³/mol. The van der Waals surface area contributed by atoms with E-state index in [1.54, 1.807) is 25.3 Å². The van der Waals surface area contributed by atoms with Crippen molar-refractivity contribution in [1.82, 2.24) is 0 Å². The monoisotopic (exact) mass is 336 g/mol. The molecule has 0 atom stereocenters. The van der Waals surface area contributed by atoms with E-state index in [0.717, 1.165) is 16.7 Å². The second-order valence-electron chi connectivity index (χ2n) is 6.23. The quantitative estimate of drug-likeness (QED) is 0.453. The maximum atomic E-state index is 12.3. The number of methoxy groups -OCH3 is 1. The number of carbonyl (C=O) groups is 1. The summed E-state index contributed by atoms with van der Waals surface area (Å²) in [5.74, 6) is 0.711. The zero-order chi connectivity index (χ0) is 18.4. The second kappa shape index (κ2) is 8.34. The van der Waals surface area contributed by atoms with Crippen molar-refractivity contribution >= 4 is 11.9 Å². The Morgan fingerprint density at radius 2 is 1.80 bits per heavy atom. The van der Waals surface area contributed by atoms with Crippen LogP contribution in [0.25, 0.3) is 6.08 Å². The molecule has 0 aliphatic carbocycles. The Morgan fingerprint density at radius 1 is 1.12 bits per heavy atom. The topological polar surface area (TPSA) is 46.5 Å². The van der Waals surface area contributed by atoms with E-state index in [1.807, 2.05) is 51.1 Å². The van der Waals surface area contributed by atoms with Gasteiger partial charge in [-0.15, -0.1) is 0 Å². The lowest BCUT2D eigenvalue weighted by molar-refractivity contribution is 0.104. The number of rotatable bonds is 6. The van der Waals surface area contributed by atoms with Gasteiger partial charge in [-0.2, -0.15) is 0 Å². The van der Waals surface area contributed by atoms with Crippen LogP contribution in [0.1, 0.15) is 40.9 Å². The first kappa shape index (κ1) is 18.5. The molecular weight excluding hydrogens is 312 g/mol. The minimum atomic E-state index is -0.0685. The van der Waals surface area contributed by atoms with Crippen molar-refractivity contribution in [3.8, 4) is 11.5 Å². The Bertz CT molecular complexity index is 808. The van der Waals surface area contributed by atoms with Gasteiger partial charge < -0.3 is 9.84 Å². The van der Waals surface area contributed by atoms with Gasteiger partial charge in [-0.05, 0) is 51.5 Å². The lowest BCUT2D eigenvalue weighted by atomic mass is 10.0. The summed E-state index contributed by atoms with van der Waals surface area (Å²) < 4.78 is 5.49. The van der Waals surface area contributed by atoms with Crippen molar-refractivity contribution in [3.63, 3.8) is 0 Å². The van der Waals surface area contributed by atoms with Crippen molar-refractivity contribution in [2.75, 3.05) is 7.11 Å². The van der Waals surface area contributed by atoms with Crippen LogP contribution in [-0.4, -0.2) is 18.0 Å². The number of hydrogen-bond donors (Lipinski definition) is 1. The molecule has 2 aromatic carbocycles. The summed E-state index contributed by atoms with van der Waals surface area (Å²) >= 11 is 0.